The number of rotatable bonds is 4. The van der Waals surface area contributed by atoms with Gasteiger partial charge in [0.1, 0.15) is 11.4 Å². The minimum Gasteiger partial charge on any atom is -0.497 e. The van der Waals surface area contributed by atoms with Crippen LogP contribution in [-0.2, 0) is 9.53 Å². The zero-order chi connectivity index (χ0) is 20.4. The van der Waals surface area contributed by atoms with E-state index in [0.29, 0.717) is 18.0 Å². The van der Waals surface area contributed by atoms with Crippen molar-refractivity contribution in [2.75, 3.05) is 25.5 Å². The number of hydrogen-bond donors (Lipinski definition) is 2. The molecular weight excluding hydrogens is 352 g/mol. The number of hydrogen-bond acceptors (Lipinski definition) is 5. The molecule has 2 atom stereocenters. The number of methoxy groups -OCH3 is 1. The Morgan fingerprint density at radius 3 is 2.41 bits per heavy atom. The summed E-state index contributed by atoms with van der Waals surface area (Å²) < 4.78 is 10.4. The molecule has 1 heterocycles. The number of carboxylic acids is 1. The summed E-state index contributed by atoms with van der Waals surface area (Å²) in [6.07, 6.45) is -0.445. The van der Waals surface area contributed by atoms with Crippen molar-refractivity contribution in [2.45, 2.75) is 33.3 Å². The van der Waals surface area contributed by atoms with Crippen molar-refractivity contribution in [3.63, 3.8) is 0 Å². The van der Waals surface area contributed by atoms with Crippen LogP contribution in [0.1, 0.15) is 38.1 Å². The average molecular weight is 378 g/mol. The Hall–Kier alpha value is -2.77. The van der Waals surface area contributed by atoms with E-state index in [2.05, 4.69) is 5.32 Å². The number of ether oxygens (including phenoxy) is 2. The summed E-state index contributed by atoms with van der Waals surface area (Å²) >= 11 is 0. The summed E-state index contributed by atoms with van der Waals surface area (Å²) in [5.41, 5.74) is -0.256. The second-order valence-corrected chi connectivity index (χ2v) is 7.71. The normalized spacial score (nSPS) is 19.5. The maximum atomic E-state index is 12.7. The van der Waals surface area contributed by atoms with Gasteiger partial charge in [-0.25, -0.2) is 9.59 Å². The number of amides is 2. The lowest BCUT2D eigenvalue weighted by Crippen LogP contribution is -2.36. The molecule has 8 heteroatoms. The van der Waals surface area contributed by atoms with Gasteiger partial charge in [-0.1, -0.05) is 6.92 Å². The second kappa shape index (κ2) is 7.85. The molecule has 8 nitrogen and oxygen atoms in total. The van der Waals surface area contributed by atoms with Crippen LogP contribution in [-0.4, -0.2) is 53.8 Å². The number of carboxylic acid groups (broad SMARTS) is 1. The van der Waals surface area contributed by atoms with E-state index >= 15 is 0 Å². The molecule has 2 amide bonds. The van der Waals surface area contributed by atoms with Gasteiger partial charge in [-0.05, 0) is 38.8 Å². The van der Waals surface area contributed by atoms with Crippen LogP contribution in [0.15, 0.2) is 18.2 Å². The molecule has 2 unspecified atom stereocenters. The lowest BCUT2D eigenvalue weighted by molar-refractivity contribution is -0.120. The van der Waals surface area contributed by atoms with Gasteiger partial charge >= 0.3 is 12.1 Å². The van der Waals surface area contributed by atoms with Crippen LogP contribution in [0.2, 0.25) is 0 Å². The van der Waals surface area contributed by atoms with Crippen molar-refractivity contribution < 1.29 is 29.0 Å². The highest BCUT2D eigenvalue weighted by atomic mass is 16.6. The fourth-order valence-corrected chi connectivity index (χ4v) is 2.93. The molecule has 0 spiro atoms. The Morgan fingerprint density at radius 2 is 1.85 bits per heavy atom. The Balaban J connectivity index is 2.09. The first-order valence-electron chi connectivity index (χ1n) is 8.71. The van der Waals surface area contributed by atoms with E-state index in [9.17, 15) is 19.5 Å². The van der Waals surface area contributed by atoms with Crippen molar-refractivity contribution >= 4 is 23.7 Å². The third kappa shape index (κ3) is 5.35. The second-order valence-electron chi connectivity index (χ2n) is 7.71. The zero-order valence-electron chi connectivity index (χ0n) is 16.2. The van der Waals surface area contributed by atoms with Crippen LogP contribution >= 0.6 is 0 Å². The minimum atomic E-state index is -1.12. The van der Waals surface area contributed by atoms with Gasteiger partial charge in [-0.3, -0.25) is 4.79 Å². The first kappa shape index (κ1) is 20.5. The molecule has 0 radical (unpaired) electrons. The highest BCUT2D eigenvalue weighted by Crippen LogP contribution is 2.27. The maximum Gasteiger partial charge on any atom is 0.410 e. The smallest absolute Gasteiger partial charge is 0.410 e. The van der Waals surface area contributed by atoms with Crippen LogP contribution in [0.25, 0.3) is 0 Å². The highest BCUT2D eigenvalue weighted by molar-refractivity contribution is 5.96. The van der Waals surface area contributed by atoms with Crippen LogP contribution in [0.3, 0.4) is 0 Å². The quantitative estimate of drug-likeness (QED) is 0.835. The summed E-state index contributed by atoms with van der Waals surface area (Å²) in [6.45, 7) is 7.93. The van der Waals surface area contributed by atoms with Crippen LogP contribution in [0.4, 0.5) is 10.5 Å². The largest absolute Gasteiger partial charge is 0.497 e. The topological polar surface area (TPSA) is 105 Å². The lowest BCUT2D eigenvalue weighted by Gasteiger charge is -2.24. The molecule has 1 aromatic rings. The Bertz CT molecular complexity index is 740. The Kier molecular flexibility index (Phi) is 5.98. The van der Waals surface area contributed by atoms with E-state index in [1.54, 1.807) is 26.8 Å². The number of anilines is 1. The number of likely N-dealkylation sites (tertiary alicyclic amines) is 1. The van der Waals surface area contributed by atoms with Gasteiger partial charge < -0.3 is 24.8 Å². The van der Waals surface area contributed by atoms with E-state index in [1.165, 1.54) is 24.1 Å². The molecule has 2 rings (SSSR count). The summed E-state index contributed by atoms with van der Waals surface area (Å²) in [5.74, 6) is -1.54. The van der Waals surface area contributed by atoms with Gasteiger partial charge in [0.2, 0.25) is 5.91 Å². The van der Waals surface area contributed by atoms with Gasteiger partial charge in [0.05, 0.1) is 18.6 Å². The summed E-state index contributed by atoms with van der Waals surface area (Å²) in [4.78, 5) is 37.7. The van der Waals surface area contributed by atoms with Crippen molar-refractivity contribution in [1.29, 1.82) is 0 Å². The maximum absolute atomic E-state index is 12.7. The molecule has 0 aliphatic carbocycles. The van der Waals surface area contributed by atoms with Gasteiger partial charge in [0.25, 0.3) is 0 Å². The summed E-state index contributed by atoms with van der Waals surface area (Å²) in [6, 6.07) is 4.30. The molecule has 1 aromatic carbocycles. The van der Waals surface area contributed by atoms with E-state index in [-0.39, 0.29) is 23.9 Å². The molecule has 0 bridgehead atoms. The van der Waals surface area contributed by atoms with Crippen molar-refractivity contribution in [3.8, 4) is 5.75 Å². The average Bonchev–Trinajstić information content (AvgIpc) is 2.95. The van der Waals surface area contributed by atoms with Gasteiger partial charge in [-0.15, -0.1) is 0 Å². The first-order chi connectivity index (χ1) is 12.5. The van der Waals surface area contributed by atoms with E-state index in [4.69, 9.17) is 9.47 Å². The Morgan fingerprint density at radius 1 is 1.19 bits per heavy atom. The van der Waals surface area contributed by atoms with Crippen LogP contribution < -0.4 is 10.1 Å². The molecule has 1 fully saturated rings. The number of nitrogens with one attached hydrogen (secondary N) is 1. The van der Waals surface area contributed by atoms with Gasteiger partial charge in [0, 0.05) is 24.8 Å². The molecule has 148 valence electrons. The number of aromatic carboxylic acids is 1. The summed E-state index contributed by atoms with van der Waals surface area (Å²) in [5, 5.41) is 11.9. The standard InChI is InChI=1S/C19H26N2O6/c1-11-9-21(18(25)27-19(2,3)4)10-15(11)16(22)20-13-6-12(17(23)24)7-14(8-13)26-5/h6-8,11,15H,9-10H2,1-5H3,(H,20,22)(H,23,24). The lowest BCUT2D eigenvalue weighted by atomic mass is 9.97. The van der Waals surface area contributed by atoms with Gasteiger partial charge in [-0.2, -0.15) is 0 Å². The van der Waals surface area contributed by atoms with E-state index in [0.717, 1.165) is 0 Å². The molecule has 2 N–H and O–H groups in total. The monoisotopic (exact) mass is 378 g/mol. The van der Waals surface area contributed by atoms with Crippen LogP contribution in [0, 0.1) is 11.8 Å². The molecule has 27 heavy (non-hydrogen) atoms. The van der Waals surface area contributed by atoms with E-state index < -0.39 is 23.6 Å². The first-order valence-corrected chi connectivity index (χ1v) is 8.71. The summed E-state index contributed by atoms with van der Waals surface area (Å²) in [7, 11) is 1.42. The number of carbonyl (C=O) groups excluding carboxylic acids is 2. The number of nitrogens with zero attached hydrogens (tertiary/aromatic N) is 1. The predicted molar refractivity (Wildman–Crippen MR) is 99.0 cm³/mol. The fourth-order valence-electron chi connectivity index (χ4n) is 2.93. The molecule has 0 aromatic heterocycles. The number of benzene rings is 1. The van der Waals surface area contributed by atoms with Crippen molar-refractivity contribution in [3.05, 3.63) is 23.8 Å². The minimum absolute atomic E-state index is 0.0134. The van der Waals surface area contributed by atoms with E-state index in [1.807, 2.05) is 6.92 Å². The fraction of sp³-hybridized carbons (Fsp3) is 0.526. The predicted octanol–water partition coefficient (Wildman–Crippen LogP) is 2.83. The highest BCUT2D eigenvalue weighted by Gasteiger charge is 2.38. The third-order valence-electron chi connectivity index (χ3n) is 4.26. The molecule has 1 aliphatic heterocycles. The molecular formula is C19H26N2O6. The molecule has 0 saturated carbocycles. The number of carbonyl (C=O) groups is 3. The van der Waals surface area contributed by atoms with Gasteiger partial charge in [0.15, 0.2) is 0 Å². The van der Waals surface area contributed by atoms with Crippen molar-refractivity contribution in [2.24, 2.45) is 11.8 Å². The van der Waals surface area contributed by atoms with Crippen LogP contribution in [0.5, 0.6) is 5.75 Å². The third-order valence-corrected chi connectivity index (χ3v) is 4.26. The Labute approximate surface area is 158 Å². The molecule has 1 saturated heterocycles. The SMILES string of the molecule is COc1cc(NC(=O)C2CN(C(=O)OC(C)(C)C)CC2C)cc(C(=O)O)c1. The molecule has 1 aliphatic rings. The zero-order valence-corrected chi connectivity index (χ0v) is 16.2. The van der Waals surface area contributed by atoms with Crippen molar-refractivity contribution in [1.82, 2.24) is 4.90 Å².